The minimum atomic E-state index is -3.36. The zero-order valence-corrected chi connectivity index (χ0v) is 16.3. The fourth-order valence-corrected chi connectivity index (χ4v) is 3.85. The lowest BCUT2D eigenvalue weighted by Crippen LogP contribution is -2.49. The van der Waals surface area contributed by atoms with Gasteiger partial charge in [-0.1, -0.05) is 6.07 Å². The van der Waals surface area contributed by atoms with Gasteiger partial charge in [-0.3, -0.25) is 9.59 Å². The van der Waals surface area contributed by atoms with Gasteiger partial charge in [0.25, 0.3) is 5.91 Å². The van der Waals surface area contributed by atoms with E-state index in [9.17, 15) is 18.0 Å². The lowest BCUT2D eigenvalue weighted by Gasteiger charge is -2.35. The van der Waals surface area contributed by atoms with Gasteiger partial charge in [-0.25, -0.2) is 8.42 Å². The van der Waals surface area contributed by atoms with Crippen LogP contribution in [-0.2, 0) is 14.6 Å². The van der Waals surface area contributed by atoms with Crippen LogP contribution in [0.4, 0.5) is 0 Å². The minimum absolute atomic E-state index is 0.0438. The Morgan fingerprint density at radius 3 is 2.38 bits per heavy atom. The van der Waals surface area contributed by atoms with Crippen molar-refractivity contribution in [2.24, 2.45) is 11.7 Å². The molecule has 3 N–H and O–H groups in total. The summed E-state index contributed by atoms with van der Waals surface area (Å²) < 4.78 is 23.3. The number of benzene rings is 1. The van der Waals surface area contributed by atoms with E-state index in [1.165, 1.54) is 12.1 Å². The van der Waals surface area contributed by atoms with E-state index in [-0.39, 0.29) is 28.7 Å². The van der Waals surface area contributed by atoms with Crippen LogP contribution < -0.4 is 11.1 Å². The maximum Gasteiger partial charge on any atom is 0.251 e. The summed E-state index contributed by atoms with van der Waals surface area (Å²) in [6.07, 6.45) is 2.70. The minimum Gasteiger partial charge on any atom is -0.349 e. The topological polar surface area (TPSA) is 110 Å². The maximum absolute atomic E-state index is 12.5. The lowest BCUT2D eigenvalue weighted by atomic mass is 9.90. The van der Waals surface area contributed by atoms with Crippen LogP contribution in [0.25, 0.3) is 0 Å². The molecule has 1 aromatic rings. The zero-order chi connectivity index (χ0) is 19.5. The van der Waals surface area contributed by atoms with Crippen molar-refractivity contribution in [3.05, 3.63) is 29.8 Å². The SMILES string of the molecule is CC(NC(=O)c1cccc(S(C)(=O)=O)c1)C1CCN(C(=O)[C@H](C)N)CC1. The van der Waals surface area contributed by atoms with Gasteiger partial charge < -0.3 is 16.0 Å². The third-order valence-corrected chi connectivity index (χ3v) is 5.94. The van der Waals surface area contributed by atoms with E-state index in [1.807, 2.05) is 6.92 Å². The molecule has 2 rings (SSSR count). The van der Waals surface area contributed by atoms with Gasteiger partial charge in [0, 0.05) is 31.0 Å². The molecule has 7 nitrogen and oxygen atoms in total. The van der Waals surface area contributed by atoms with Gasteiger partial charge in [-0.15, -0.1) is 0 Å². The first-order chi connectivity index (χ1) is 12.1. The summed E-state index contributed by atoms with van der Waals surface area (Å²) in [4.78, 5) is 26.3. The van der Waals surface area contributed by atoms with Gasteiger partial charge in [0.15, 0.2) is 9.84 Å². The number of nitrogens with two attached hydrogens (primary N) is 1. The molecule has 1 aromatic carbocycles. The third kappa shape index (κ3) is 5.04. The number of nitrogens with zero attached hydrogens (tertiary/aromatic N) is 1. The van der Waals surface area contributed by atoms with Crippen LogP contribution in [-0.4, -0.2) is 56.6 Å². The highest BCUT2D eigenvalue weighted by molar-refractivity contribution is 7.90. The van der Waals surface area contributed by atoms with Crippen LogP contribution in [0.5, 0.6) is 0 Å². The average Bonchev–Trinajstić information content (AvgIpc) is 2.60. The summed E-state index contributed by atoms with van der Waals surface area (Å²) in [6.45, 7) is 4.89. The number of carbonyl (C=O) groups is 2. The molecule has 26 heavy (non-hydrogen) atoms. The Bertz CT molecular complexity index is 768. The second-order valence-electron chi connectivity index (χ2n) is 7.01. The number of rotatable bonds is 5. The van der Waals surface area contributed by atoms with Crippen LogP contribution in [0.15, 0.2) is 29.2 Å². The second kappa shape index (κ2) is 8.18. The number of hydrogen-bond donors (Lipinski definition) is 2. The van der Waals surface area contributed by atoms with Crippen molar-refractivity contribution in [2.45, 2.75) is 43.7 Å². The quantitative estimate of drug-likeness (QED) is 0.784. The Hall–Kier alpha value is -1.93. The van der Waals surface area contributed by atoms with E-state index in [4.69, 9.17) is 5.73 Å². The van der Waals surface area contributed by atoms with Crippen molar-refractivity contribution < 1.29 is 18.0 Å². The fourth-order valence-electron chi connectivity index (χ4n) is 3.18. The summed E-state index contributed by atoms with van der Waals surface area (Å²) in [7, 11) is -3.36. The molecule has 0 saturated carbocycles. The van der Waals surface area contributed by atoms with Crippen LogP contribution >= 0.6 is 0 Å². The summed E-state index contributed by atoms with van der Waals surface area (Å²) in [5.41, 5.74) is 5.97. The molecular formula is C18H27N3O4S. The first kappa shape index (κ1) is 20.4. The predicted molar refractivity (Wildman–Crippen MR) is 99.4 cm³/mol. The molecule has 0 aromatic heterocycles. The zero-order valence-electron chi connectivity index (χ0n) is 15.4. The average molecular weight is 381 g/mol. The highest BCUT2D eigenvalue weighted by Crippen LogP contribution is 2.21. The predicted octanol–water partition coefficient (Wildman–Crippen LogP) is 0.794. The first-order valence-electron chi connectivity index (χ1n) is 8.75. The highest BCUT2D eigenvalue weighted by atomic mass is 32.2. The van der Waals surface area contributed by atoms with Crippen molar-refractivity contribution in [3.63, 3.8) is 0 Å². The van der Waals surface area contributed by atoms with Gasteiger partial charge in [0.1, 0.15) is 0 Å². The molecule has 1 unspecified atom stereocenters. The lowest BCUT2D eigenvalue weighted by molar-refractivity contribution is -0.133. The summed E-state index contributed by atoms with van der Waals surface area (Å²) in [5, 5.41) is 2.95. The molecule has 8 heteroatoms. The van der Waals surface area contributed by atoms with Gasteiger partial charge >= 0.3 is 0 Å². The van der Waals surface area contributed by atoms with Gasteiger partial charge in [-0.2, -0.15) is 0 Å². The summed E-state index contributed by atoms with van der Waals surface area (Å²) in [5.74, 6) is -0.0796. The van der Waals surface area contributed by atoms with E-state index >= 15 is 0 Å². The van der Waals surface area contributed by atoms with Gasteiger partial charge in [0.2, 0.25) is 5.91 Å². The number of piperidine rings is 1. The fraction of sp³-hybridized carbons (Fsp3) is 0.556. The van der Waals surface area contributed by atoms with Crippen molar-refractivity contribution >= 4 is 21.7 Å². The number of sulfone groups is 1. The van der Waals surface area contributed by atoms with Crippen LogP contribution in [0.1, 0.15) is 37.0 Å². The number of likely N-dealkylation sites (tertiary alicyclic amines) is 1. The van der Waals surface area contributed by atoms with E-state index in [2.05, 4.69) is 5.32 Å². The molecule has 144 valence electrons. The summed E-state index contributed by atoms with van der Waals surface area (Å²) >= 11 is 0. The number of nitrogens with one attached hydrogen (secondary N) is 1. The van der Waals surface area contributed by atoms with Crippen molar-refractivity contribution in [2.75, 3.05) is 19.3 Å². The first-order valence-corrected chi connectivity index (χ1v) is 10.6. The van der Waals surface area contributed by atoms with E-state index < -0.39 is 15.9 Å². The highest BCUT2D eigenvalue weighted by Gasteiger charge is 2.28. The molecule has 1 fully saturated rings. The van der Waals surface area contributed by atoms with Crippen LogP contribution in [0.2, 0.25) is 0 Å². The molecule has 0 aliphatic carbocycles. The van der Waals surface area contributed by atoms with Crippen LogP contribution in [0, 0.1) is 5.92 Å². The van der Waals surface area contributed by atoms with Gasteiger partial charge in [0.05, 0.1) is 10.9 Å². The van der Waals surface area contributed by atoms with E-state index in [1.54, 1.807) is 24.0 Å². The largest absolute Gasteiger partial charge is 0.349 e. The molecule has 1 heterocycles. The molecule has 1 aliphatic rings. The Morgan fingerprint density at radius 2 is 1.85 bits per heavy atom. The molecule has 0 radical (unpaired) electrons. The normalized spacial score (nSPS) is 18.2. The standard InChI is InChI=1S/C18H27N3O4S/c1-12(19)18(23)21-9-7-14(8-10-21)13(2)20-17(22)15-5-4-6-16(11-15)26(3,24)25/h4-6,11-14H,7-10,19H2,1-3H3,(H,20,22)/t12-,13?/m0/s1. The Kier molecular flexibility index (Phi) is 6.41. The third-order valence-electron chi connectivity index (χ3n) is 4.83. The molecular weight excluding hydrogens is 354 g/mol. The molecule has 1 aliphatic heterocycles. The Morgan fingerprint density at radius 1 is 1.23 bits per heavy atom. The number of carbonyl (C=O) groups excluding carboxylic acids is 2. The maximum atomic E-state index is 12.5. The molecule has 2 atom stereocenters. The van der Waals surface area contributed by atoms with E-state index in [0.29, 0.717) is 18.7 Å². The monoisotopic (exact) mass is 381 g/mol. The van der Waals surface area contributed by atoms with Gasteiger partial charge in [-0.05, 0) is 50.8 Å². The van der Waals surface area contributed by atoms with Crippen LogP contribution in [0.3, 0.4) is 0 Å². The summed E-state index contributed by atoms with van der Waals surface area (Å²) in [6, 6.07) is 5.46. The Balaban J connectivity index is 1.95. The number of amides is 2. The van der Waals surface area contributed by atoms with Crippen molar-refractivity contribution in [3.8, 4) is 0 Å². The molecule has 2 amide bonds. The van der Waals surface area contributed by atoms with Crippen molar-refractivity contribution in [1.82, 2.24) is 10.2 Å². The Labute approximate surface area is 154 Å². The molecule has 0 bridgehead atoms. The second-order valence-corrected chi connectivity index (χ2v) is 9.03. The number of hydrogen-bond acceptors (Lipinski definition) is 5. The molecule has 0 spiro atoms. The van der Waals surface area contributed by atoms with Crippen molar-refractivity contribution in [1.29, 1.82) is 0 Å². The smallest absolute Gasteiger partial charge is 0.251 e. The molecule has 1 saturated heterocycles. The van der Waals surface area contributed by atoms with E-state index in [0.717, 1.165) is 19.1 Å².